The van der Waals surface area contributed by atoms with Gasteiger partial charge in [0.05, 0.1) is 19.1 Å². The van der Waals surface area contributed by atoms with Crippen molar-refractivity contribution < 1.29 is 34.2 Å². The third-order valence-corrected chi connectivity index (χ3v) is 4.79. The Bertz CT molecular complexity index is 653. The maximum Gasteiger partial charge on any atom is 0.326 e. The minimum Gasteiger partial charge on any atom is -0.480 e. The number of carboxylic acid groups (broad SMARTS) is 1. The van der Waals surface area contributed by atoms with E-state index in [1.165, 1.54) is 0 Å². The Balaban J connectivity index is 2.78. The SMILES string of the molecule is NCCCCC(NC(=O)C1CCCN1)C(=O)NC(CO)C(=O)NC(CC(N)=O)C(=O)O. The second-order valence-corrected chi connectivity index (χ2v) is 7.31. The van der Waals surface area contributed by atoms with E-state index in [1.54, 1.807) is 0 Å². The first kappa shape index (κ1) is 26.3. The number of aliphatic carboxylic acids is 1. The number of carbonyl (C=O) groups is 5. The zero-order valence-corrected chi connectivity index (χ0v) is 17.3. The van der Waals surface area contributed by atoms with Crippen LogP contribution in [0.2, 0.25) is 0 Å². The van der Waals surface area contributed by atoms with Crippen LogP contribution in [0, 0.1) is 0 Å². The molecule has 0 aliphatic carbocycles. The Morgan fingerprint density at radius 3 is 2.16 bits per heavy atom. The summed E-state index contributed by atoms with van der Waals surface area (Å²) in [6.45, 7) is 0.281. The van der Waals surface area contributed by atoms with E-state index in [1.807, 2.05) is 0 Å². The van der Waals surface area contributed by atoms with Gasteiger partial charge in [-0.3, -0.25) is 19.2 Å². The van der Waals surface area contributed by atoms with Crippen LogP contribution >= 0.6 is 0 Å². The van der Waals surface area contributed by atoms with E-state index in [2.05, 4.69) is 21.3 Å². The molecule has 4 amide bonds. The monoisotopic (exact) mass is 444 g/mol. The average molecular weight is 444 g/mol. The molecule has 1 fully saturated rings. The fraction of sp³-hybridized carbons (Fsp3) is 0.722. The highest BCUT2D eigenvalue weighted by molar-refractivity contribution is 5.95. The number of primary amides is 1. The number of carbonyl (C=O) groups excluding carboxylic acids is 4. The first-order valence-corrected chi connectivity index (χ1v) is 10.2. The highest BCUT2D eigenvalue weighted by Crippen LogP contribution is 2.07. The van der Waals surface area contributed by atoms with Gasteiger partial charge in [0, 0.05) is 0 Å². The van der Waals surface area contributed by atoms with Crippen LogP contribution in [-0.4, -0.2) is 83.7 Å². The largest absolute Gasteiger partial charge is 0.480 e. The van der Waals surface area contributed by atoms with Crippen molar-refractivity contribution in [3.63, 3.8) is 0 Å². The predicted molar refractivity (Wildman–Crippen MR) is 108 cm³/mol. The molecule has 4 unspecified atom stereocenters. The molecule has 0 saturated carbocycles. The molecule has 13 nitrogen and oxygen atoms in total. The summed E-state index contributed by atoms with van der Waals surface area (Å²) in [5.74, 6) is -4.50. The highest BCUT2D eigenvalue weighted by atomic mass is 16.4. The second-order valence-electron chi connectivity index (χ2n) is 7.31. The molecule has 1 heterocycles. The molecule has 4 atom stereocenters. The number of amides is 4. The van der Waals surface area contributed by atoms with Gasteiger partial charge in [-0.05, 0) is 45.2 Å². The first-order valence-electron chi connectivity index (χ1n) is 10.2. The summed E-state index contributed by atoms with van der Waals surface area (Å²) in [7, 11) is 0. The standard InChI is InChI=1S/C18H32N6O7/c19-6-2-1-4-11(22-15(27)10-5-3-7-21-10)16(28)24-13(9-25)17(29)23-12(18(30)31)8-14(20)26/h10-13,21,25H,1-9,19H2,(H2,20,26)(H,22,27)(H,23,29)(H,24,28)(H,30,31). The molecular formula is C18H32N6O7. The van der Waals surface area contributed by atoms with E-state index in [9.17, 15) is 29.1 Å². The Morgan fingerprint density at radius 2 is 1.65 bits per heavy atom. The zero-order chi connectivity index (χ0) is 23.4. The van der Waals surface area contributed by atoms with Gasteiger partial charge in [0.2, 0.25) is 23.6 Å². The number of hydrogen-bond acceptors (Lipinski definition) is 8. The topological polar surface area (TPSA) is 226 Å². The summed E-state index contributed by atoms with van der Waals surface area (Å²) in [5, 5.41) is 28.6. The van der Waals surface area contributed by atoms with E-state index in [0.717, 1.165) is 6.42 Å². The minimum absolute atomic E-state index is 0.265. The van der Waals surface area contributed by atoms with Gasteiger partial charge in [0.1, 0.15) is 18.1 Å². The third kappa shape index (κ3) is 9.27. The van der Waals surface area contributed by atoms with Crippen LogP contribution in [0.25, 0.3) is 0 Å². The summed E-state index contributed by atoms with van der Waals surface area (Å²) in [6.07, 6.45) is 2.26. The molecular weight excluding hydrogens is 412 g/mol. The molecule has 0 aromatic rings. The summed E-state index contributed by atoms with van der Waals surface area (Å²) in [6, 6.07) is -4.47. The molecule has 0 aromatic carbocycles. The highest BCUT2D eigenvalue weighted by Gasteiger charge is 2.31. The van der Waals surface area contributed by atoms with E-state index in [-0.39, 0.29) is 12.3 Å². The van der Waals surface area contributed by atoms with Gasteiger partial charge >= 0.3 is 5.97 Å². The minimum atomic E-state index is -1.61. The molecule has 176 valence electrons. The predicted octanol–water partition coefficient (Wildman–Crippen LogP) is -3.73. The van der Waals surface area contributed by atoms with Crippen molar-refractivity contribution in [2.45, 2.75) is 62.7 Å². The van der Waals surface area contributed by atoms with E-state index < -0.39 is 60.9 Å². The number of unbranched alkanes of at least 4 members (excludes halogenated alkanes) is 1. The van der Waals surface area contributed by atoms with Gasteiger partial charge in [-0.1, -0.05) is 0 Å². The van der Waals surface area contributed by atoms with Crippen molar-refractivity contribution in [2.75, 3.05) is 19.7 Å². The van der Waals surface area contributed by atoms with Crippen molar-refractivity contribution in [3.05, 3.63) is 0 Å². The van der Waals surface area contributed by atoms with E-state index in [4.69, 9.17) is 16.6 Å². The molecule has 1 rings (SSSR count). The molecule has 0 radical (unpaired) electrons. The van der Waals surface area contributed by atoms with Crippen molar-refractivity contribution in [1.29, 1.82) is 0 Å². The average Bonchev–Trinajstić information content (AvgIpc) is 3.25. The van der Waals surface area contributed by atoms with Gasteiger partial charge in [0.15, 0.2) is 0 Å². The van der Waals surface area contributed by atoms with Crippen LogP contribution in [0.5, 0.6) is 0 Å². The third-order valence-electron chi connectivity index (χ3n) is 4.79. The van der Waals surface area contributed by atoms with Crippen molar-refractivity contribution >= 4 is 29.6 Å². The maximum atomic E-state index is 12.7. The maximum absolute atomic E-state index is 12.7. The van der Waals surface area contributed by atoms with Crippen molar-refractivity contribution in [3.8, 4) is 0 Å². The summed E-state index contributed by atoms with van der Waals surface area (Å²) >= 11 is 0. The lowest BCUT2D eigenvalue weighted by atomic mass is 10.1. The number of carboxylic acids is 1. The van der Waals surface area contributed by atoms with Crippen LogP contribution in [-0.2, 0) is 24.0 Å². The Hall–Kier alpha value is -2.77. The van der Waals surface area contributed by atoms with Gasteiger partial charge < -0.3 is 42.9 Å². The lowest BCUT2D eigenvalue weighted by Crippen LogP contribution is -2.58. The number of rotatable bonds is 14. The van der Waals surface area contributed by atoms with Crippen LogP contribution in [0.3, 0.4) is 0 Å². The van der Waals surface area contributed by atoms with Crippen LogP contribution in [0.1, 0.15) is 38.5 Å². The van der Waals surface area contributed by atoms with Crippen molar-refractivity contribution in [1.82, 2.24) is 21.3 Å². The lowest BCUT2D eigenvalue weighted by molar-refractivity contribution is -0.144. The quantitative estimate of drug-likeness (QED) is 0.123. The number of nitrogens with one attached hydrogen (secondary N) is 4. The smallest absolute Gasteiger partial charge is 0.326 e. The molecule has 0 aromatic heterocycles. The second kappa shape index (κ2) is 13.5. The van der Waals surface area contributed by atoms with Crippen LogP contribution < -0.4 is 32.7 Å². The van der Waals surface area contributed by atoms with Crippen LogP contribution in [0.15, 0.2) is 0 Å². The zero-order valence-electron chi connectivity index (χ0n) is 17.3. The molecule has 1 aliphatic rings. The summed E-state index contributed by atoms with van der Waals surface area (Å²) in [5.41, 5.74) is 10.4. The van der Waals surface area contributed by atoms with Gasteiger partial charge in [-0.2, -0.15) is 0 Å². The normalized spacial score (nSPS) is 18.5. The number of nitrogens with two attached hydrogens (primary N) is 2. The number of aliphatic hydroxyl groups is 1. The molecule has 13 heteroatoms. The molecule has 10 N–H and O–H groups in total. The summed E-state index contributed by atoms with van der Waals surface area (Å²) < 4.78 is 0. The van der Waals surface area contributed by atoms with E-state index in [0.29, 0.717) is 32.4 Å². The molecule has 1 aliphatic heterocycles. The fourth-order valence-electron chi connectivity index (χ4n) is 3.08. The Kier molecular flexibility index (Phi) is 11.5. The molecule has 0 bridgehead atoms. The fourth-order valence-corrected chi connectivity index (χ4v) is 3.08. The molecule has 0 spiro atoms. The first-order chi connectivity index (χ1) is 14.7. The van der Waals surface area contributed by atoms with E-state index >= 15 is 0 Å². The van der Waals surface area contributed by atoms with Gasteiger partial charge in [0.25, 0.3) is 0 Å². The van der Waals surface area contributed by atoms with Crippen molar-refractivity contribution in [2.24, 2.45) is 11.5 Å². The van der Waals surface area contributed by atoms with Crippen LogP contribution in [0.4, 0.5) is 0 Å². The van der Waals surface area contributed by atoms with Gasteiger partial charge in [-0.15, -0.1) is 0 Å². The number of hydrogen-bond donors (Lipinski definition) is 8. The summed E-state index contributed by atoms with van der Waals surface area (Å²) in [4.78, 5) is 59.5. The Labute approximate surface area is 179 Å². The lowest BCUT2D eigenvalue weighted by Gasteiger charge is -2.24. The Morgan fingerprint density at radius 1 is 1.00 bits per heavy atom. The molecule has 1 saturated heterocycles. The number of aliphatic hydroxyl groups excluding tert-OH is 1. The van der Waals surface area contributed by atoms with Gasteiger partial charge in [-0.25, -0.2) is 4.79 Å². The molecule has 31 heavy (non-hydrogen) atoms.